The first kappa shape index (κ1) is 20.6. The number of morpholine rings is 1. The fraction of sp³-hybridized carbons (Fsp3) is 0.182. The largest absolute Gasteiger partial charge is 0.438 e. The number of fused-ring (bicyclic) bond motifs is 1. The van der Waals surface area contributed by atoms with E-state index in [1.165, 1.54) is 15.4 Å². The minimum Gasteiger partial charge on any atom is -0.438 e. The van der Waals surface area contributed by atoms with Gasteiger partial charge in [0.05, 0.1) is 13.2 Å². The molecule has 3 aromatic rings. The zero-order chi connectivity index (χ0) is 21.8. The van der Waals surface area contributed by atoms with Gasteiger partial charge in [0.25, 0.3) is 11.5 Å². The Labute approximate surface area is 182 Å². The molecular weight excluding hydrogens is 420 g/mol. The van der Waals surface area contributed by atoms with Gasteiger partial charge in [-0.25, -0.2) is 0 Å². The molecule has 0 radical (unpaired) electrons. The molecule has 4 rings (SSSR count). The Kier molecular flexibility index (Phi) is 5.98. The highest BCUT2D eigenvalue weighted by atomic mass is 35.5. The summed E-state index contributed by atoms with van der Waals surface area (Å²) in [4.78, 5) is 31.9. The maximum Gasteiger partial charge on any atom is 0.269 e. The second-order valence-corrected chi connectivity index (χ2v) is 7.13. The van der Waals surface area contributed by atoms with Crippen LogP contribution >= 0.6 is 11.6 Å². The predicted molar refractivity (Wildman–Crippen MR) is 114 cm³/mol. The minimum atomic E-state index is -0.471. The number of nitriles is 1. The van der Waals surface area contributed by atoms with Crippen molar-refractivity contribution in [3.8, 4) is 17.7 Å². The molecule has 9 heteroatoms. The maximum absolute atomic E-state index is 13.2. The summed E-state index contributed by atoms with van der Waals surface area (Å²) >= 11 is 5.92. The Hall–Kier alpha value is -3.67. The molecule has 1 amide bonds. The van der Waals surface area contributed by atoms with Gasteiger partial charge in [0.15, 0.2) is 0 Å². The van der Waals surface area contributed by atoms with E-state index in [2.05, 4.69) is 4.98 Å². The monoisotopic (exact) mass is 436 g/mol. The normalized spacial score (nSPS) is 14.3. The van der Waals surface area contributed by atoms with Gasteiger partial charge in [-0.05, 0) is 42.5 Å². The molecule has 31 heavy (non-hydrogen) atoms. The average molecular weight is 437 g/mol. The molecule has 0 unspecified atom stereocenters. The van der Waals surface area contributed by atoms with E-state index in [1.54, 1.807) is 48.7 Å². The van der Waals surface area contributed by atoms with Crippen LogP contribution in [0, 0.1) is 11.3 Å². The van der Waals surface area contributed by atoms with Crippen molar-refractivity contribution < 1.29 is 14.3 Å². The van der Waals surface area contributed by atoms with Crippen molar-refractivity contribution >= 4 is 29.2 Å². The molecular formula is C22H17ClN4O4. The predicted octanol–water partition coefficient (Wildman–Crippen LogP) is 2.91. The number of ether oxygens (including phenoxy) is 2. The van der Waals surface area contributed by atoms with Gasteiger partial charge in [0, 0.05) is 24.3 Å². The van der Waals surface area contributed by atoms with Gasteiger partial charge >= 0.3 is 0 Å². The third kappa shape index (κ3) is 4.43. The van der Waals surface area contributed by atoms with E-state index in [0.29, 0.717) is 42.7 Å². The van der Waals surface area contributed by atoms with Crippen molar-refractivity contribution in [2.24, 2.45) is 0 Å². The lowest BCUT2D eigenvalue weighted by atomic mass is 10.1. The van der Waals surface area contributed by atoms with E-state index in [-0.39, 0.29) is 17.0 Å². The van der Waals surface area contributed by atoms with Crippen LogP contribution in [0.5, 0.6) is 11.6 Å². The van der Waals surface area contributed by atoms with E-state index in [0.717, 1.165) is 0 Å². The fourth-order valence-corrected chi connectivity index (χ4v) is 3.25. The number of halogens is 1. The number of amides is 1. The first-order valence-corrected chi connectivity index (χ1v) is 9.88. The van der Waals surface area contributed by atoms with Crippen molar-refractivity contribution in [1.29, 1.82) is 5.26 Å². The van der Waals surface area contributed by atoms with Crippen molar-refractivity contribution in [3.05, 3.63) is 75.2 Å². The van der Waals surface area contributed by atoms with E-state index >= 15 is 0 Å². The second kappa shape index (κ2) is 9.00. The van der Waals surface area contributed by atoms with Gasteiger partial charge in [-0.1, -0.05) is 17.7 Å². The fourth-order valence-electron chi connectivity index (χ4n) is 3.12. The quantitative estimate of drug-likeness (QED) is 0.461. The number of carbonyl (C=O) groups is 1. The van der Waals surface area contributed by atoms with Crippen LogP contribution in [0.3, 0.4) is 0 Å². The molecule has 0 aliphatic carbocycles. The van der Waals surface area contributed by atoms with Crippen LogP contribution in [0.1, 0.15) is 5.56 Å². The highest BCUT2D eigenvalue weighted by Crippen LogP contribution is 2.25. The van der Waals surface area contributed by atoms with Crippen molar-refractivity contribution in [2.45, 2.75) is 0 Å². The first-order chi connectivity index (χ1) is 15.1. The molecule has 2 aromatic heterocycles. The van der Waals surface area contributed by atoms with Crippen molar-refractivity contribution in [1.82, 2.24) is 14.3 Å². The molecule has 0 N–H and O–H groups in total. The minimum absolute atomic E-state index is 0.00295. The van der Waals surface area contributed by atoms with Crippen LogP contribution in [0.25, 0.3) is 11.7 Å². The number of pyridine rings is 1. The molecule has 0 bridgehead atoms. The molecule has 8 nitrogen and oxygen atoms in total. The molecule has 3 heterocycles. The molecule has 156 valence electrons. The standard InChI is InChI=1S/C22H17ClN4O4/c23-16-4-6-17(7-5-16)31-20-18(22(29)27-8-2-1-3-19(27)25-20)13-15(14-24)21(28)26-9-11-30-12-10-26/h1-8,13H,9-12H2/b15-13+. The summed E-state index contributed by atoms with van der Waals surface area (Å²) < 4.78 is 12.4. The van der Waals surface area contributed by atoms with Crippen LogP contribution in [-0.2, 0) is 9.53 Å². The Morgan fingerprint density at radius 3 is 2.65 bits per heavy atom. The lowest BCUT2D eigenvalue weighted by Gasteiger charge is -2.26. The lowest BCUT2D eigenvalue weighted by Crippen LogP contribution is -2.41. The van der Waals surface area contributed by atoms with Gasteiger partial charge in [-0.3, -0.25) is 14.0 Å². The van der Waals surface area contributed by atoms with Crippen LogP contribution in [0.4, 0.5) is 0 Å². The summed E-state index contributed by atoms with van der Waals surface area (Å²) in [6, 6.07) is 13.5. The number of aromatic nitrogens is 2. The molecule has 0 saturated carbocycles. The maximum atomic E-state index is 13.2. The molecule has 1 aromatic carbocycles. The lowest BCUT2D eigenvalue weighted by molar-refractivity contribution is -0.130. The van der Waals surface area contributed by atoms with Gasteiger partial charge in [-0.2, -0.15) is 10.2 Å². The first-order valence-electron chi connectivity index (χ1n) is 9.50. The summed E-state index contributed by atoms with van der Waals surface area (Å²) in [5.41, 5.74) is -0.279. The third-order valence-electron chi connectivity index (χ3n) is 4.70. The van der Waals surface area contributed by atoms with Crippen LogP contribution < -0.4 is 10.3 Å². The number of benzene rings is 1. The number of hydrogen-bond donors (Lipinski definition) is 0. The van der Waals surface area contributed by atoms with Gasteiger partial charge in [0.1, 0.15) is 28.6 Å². The highest BCUT2D eigenvalue weighted by Gasteiger charge is 2.23. The van der Waals surface area contributed by atoms with Gasteiger partial charge in [0.2, 0.25) is 5.88 Å². The second-order valence-electron chi connectivity index (χ2n) is 6.69. The zero-order valence-corrected chi connectivity index (χ0v) is 17.1. The third-order valence-corrected chi connectivity index (χ3v) is 4.95. The smallest absolute Gasteiger partial charge is 0.269 e. The molecule has 1 saturated heterocycles. The molecule has 0 atom stereocenters. The molecule has 1 aliphatic heterocycles. The van der Waals surface area contributed by atoms with Crippen LogP contribution in [0.2, 0.25) is 5.02 Å². The summed E-state index contributed by atoms with van der Waals surface area (Å²) in [5, 5.41) is 10.2. The summed E-state index contributed by atoms with van der Waals surface area (Å²) in [6.07, 6.45) is 2.79. The molecule has 1 fully saturated rings. The number of rotatable bonds is 4. The SMILES string of the molecule is N#C/C(=C\c1c(Oc2ccc(Cl)cc2)nc2ccccn2c1=O)C(=O)N1CCOCC1. The van der Waals surface area contributed by atoms with Crippen LogP contribution in [-0.4, -0.2) is 46.5 Å². The number of carbonyl (C=O) groups excluding carboxylic acids is 1. The van der Waals surface area contributed by atoms with E-state index in [1.807, 2.05) is 6.07 Å². The van der Waals surface area contributed by atoms with Crippen molar-refractivity contribution in [2.75, 3.05) is 26.3 Å². The molecule has 0 spiro atoms. The number of hydrogen-bond acceptors (Lipinski definition) is 6. The number of nitrogens with zero attached hydrogens (tertiary/aromatic N) is 4. The van der Waals surface area contributed by atoms with E-state index < -0.39 is 11.5 Å². The van der Waals surface area contributed by atoms with Crippen molar-refractivity contribution in [3.63, 3.8) is 0 Å². The van der Waals surface area contributed by atoms with E-state index in [9.17, 15) is 14.9 Å². The zero-order valence-electron chi connectivity index (χ0n) is 16.3. The Morgan fingerprint density at radius 1 is 1.19 bits per heavy atom. The topological polar surface area (TPSA) is 96.9 Å². The highest BCUT2D eigenvalue weighted by molar-refractivity contribution is 6.30. The molecule has 1 aliphatic rings. The van der Waals surface area contributed by atoms with Crippen LogP contribution in [0.15, 0.2) is 59.0 Å². The van der Waals surface area contributed by atoms with E-state index in [4.69, 9.17) is 21.1 Å². The Balaban J connectivity index is 1.82. The Bertz CT molecular complexity index is 1260. The average Bonchev–Trinajstić information content (AvgIpc) is 2.81. The summed E-state index contributed by atoms with van der Waals surface area (Å²) in [5.74, 6) is -0.0777. The van der Waals surface area contributed by atoms with Gasteiger partial charge in [-0.15, -0.1) is 0 Å². The van der Waals surface area contributed by atoms with Gasteiger partial charge < -0.3 is 14.4 Å². The summed E-state index contributed by atoms with van der Waals surface area (Å²) in [6.45, 7) is 1.55. The summed E-state index contributed by atoms with van der Waals surface area (Å²) in [7, 11) is 0. The Morgan fingerprint density at radius 2 is 1.94 bits per heavy atom.